The van der Waals surface area contributed by atoms with Crippen LogP contribution < -0.4 is 5.32 Å². The molecule has 164 valence electrons. The highest BCUT2D eigenvalue weighted by atomic mass is 32.2. The van der Waals surface area contributed by atoms with Crippen molar-refractivity contribution >= 4 is 15.9 Å². The van der Waals surface area contributed by atoms with Gasteiger partial charge >= 0.3 is 0 Å². The maximum atomic E-state index is 13.0. The van der Waals surface area contributed by atoms with Crippen LogP contribution in [0.2, 0.25) is 0 Å². The van der Waals surface area contributed by atoms with Gasteiger partial charge in [-0.15, -0.1) is 0 Å². The standard InChI is InChI=1S/C23H38N2O3S/c1-17(2)7-8-18(3)24-22(26)19-13-15-25(16-14-19)29(27,28)21-11-9-20(10-12-21)23(4,5)6/h9-12,17-19H,7-8,13-16H2,1-6H3,(H,24,26). The van der Waals surface area contributed by atoms with Crippen molar-refractivity contribution in [2.24, 2.45) is 11.8 Å². The highest BCUT2D eigenvalue weighted by molar-refractivity contribution is 7.89. The van der Waals surface area contributed by atoms with Crippen LogP contribution in [-0.2, 0) is 20.2 Å². The number of carbonyl (C=O) groups excluding carboxylic acids is 1. The van der Waals surface area contributed by atoms with Gasteiger partial charge in [0.25, 0.3) is 0 Å². The molecule has 1 heterocycles. The van der Waals surface area contributed by atoms with Crippen molar-refractivity contribution in [1.82, 2.24) is 9.62 Å². The molecule has 0 bridgehead atoms. The molecule has 1 aliphatic rings. The van der Waals surface area contributed by atoms with E-state index < -0.39 is 10.0 Å². The molecule has 1 aromatic rings. The van der Waals surface area contributed by atoms with E-state index in [-0.39, 0.29) is 23.3 Å². The number of amides is 1. The van der Waals surface area contributed by atoms with Crippen LogP contribution in [0.4, 0.5) is 0 Å². The summed E-state index contributed by atoms with van der Waals surface area (Å²) in [6.45, 7) is 13.5. The fraction of sp³-hybridized carbons (Fsp3) is 0.696. The molecule has 2 rings (SSSR count). The van der Waals surface area contributed by atoms with E-state index in [2.05, 4.69) is 39.9 Å². The Morgan fingerprint density at radius 2 is 1.62 bits per heavy atom. The second-order valence-corrected chi connectivity index (χ2v) is 11.8. The highest BCUT2D eigenvalue weighted by Gasteiger charge is 2.32. The number of hydrogen-bond acceptors (Lipinski definition) is 3. The summed E-state index contributed by atoms with van der Waals surface area (Å²) in [6.07, 6.45) is 3.21. The molecule has 0 aliphatic carbocycles. The minimum Gasteiger partial charge on any atom is -0.353 e. The van der Waals surface area contributed by atoms with Gasteiger partial charge < -0.3 is 5.32 Å². The maximum absolute atomic E-state index is 13.0. The molecule has 0 spiro atoms. The van der Waals surface area contributed by atoms with Crippen LogP contribution in [0, 0.1) is 11.8 Å². The molecule has 6 heteroatoms. The molecule has 1 aliphatic heterocycles. The molecule has 1 atom stereocenters. The molecule has 0 aromatic heterocycles. The summed E-state index contributed by atoms with van der Waals surface area (Å²) in [4.78, 5) is 12.9. The van der Waals surface area contributed by atoms with Gasteiger partial charge in [0.2, 0.25) is 15.9 Å². The van der Waals surface area contributed by atoms with Crippen LogP contribution >= 0.6 is 0 Å². The lowest BCUT2D eigenvalue weighted by atomic mass is 9.87. The fourth-order valence-corrected chi connectivity index (χ4v) is 5.12. The normalized spacial score (nSPS) is 18.0. The van der Waals surface area contributed by atoms with E-state index in [1.807, 2.05) is 19.1 Å². The van der Waals surface area contributed by atoms with Gasteiger partial charge in [-0.05, 0) is 61.6 Å². The summed E-state index contributed by atoms with van der Waals surface area (Å²) < 4.78 is 27.5. The quantitative estimate of drug-likeness (QED) is 0.711. The molecule has 29 heavy (non-hydrogen) atoms. The number of piperidine rings is 1. The highest BCUT2D eigenvalue weighted by Crippen LogP contribution is 2.27. The van der Waals surface area contributed by atoms with Crippen LogP contribution in [0.1, 0.15) is 72.8 Å². The first kappa shape index (κ1) is 23.9. The largest absolute Gasteiger partial charge is 0.353 e. The summed E-state index contributed by atoms with van der Waals surface area (Å²) in [7, 11) is -3.51. The molecular weight excluding hydrogens is 384 g/mol. The molecular formula is C23H38N2O3S. The van der Waals surface area contributed by atoms with Gasteiger partial charge in [0.1, 0.15) is 0 Å². The zero-order valence-corrected chi connectivity index (χ0v) is 19.7. The molecule has 1 saturated heterocycles. The van der Waals surface area contributed by atoms with Gasteiger partial charge in [-0.1, -0.05) is 46.8 Å². The lowest BCUT2D eigenvalue weighted by molar-refractivity contribution is -0.126. The predicted molar refractivity (Wildman–Crippen MR) is 118 cm³/mol. The molecule has 0 saturated carbocycles. The smallest absolute Gasteiger partial charge is 0.243 e. The molecule has 1 amide bonds. The van der Waals surface area contributed by atoms with E-state index in [4.69, 9.17) is 0 Å². The molecule has 1 unspecified atom stereocenters. The Morgan fingerprint density at radius 1 is 1.07 bits per heavy atom. The van der Waals surface area contributed by atoms with Gasteiger partial charge in [0, 0.05) is 25.0 Å². The Kier molecular flexibility index (Phi) is 7.91. The monoisotopic (exact) mass is 422 g/mol. The van der Waals surface area contributed by atoms with Crippen molar-refractivity contribution in [3.05, 3.63) is 29.8 Å². The predicted octanol–water partition coefficient (Wildman–Crippen LogP) is 4.33. The molecule has 5 nitrogen and oxygen atoms in total. The summed E-state index contributed by atoms with van der Waals surface area (Å²) in [5, 5.41) is 3.10. The van der Waals surface area contributed by atoms with Crippen LogP contribution in [0.15, 0.2) is 29.2 Å². The van der Waals surface area contributed by atoms with E-state index in [1.165, 1.54) is 4.31 Å². The van der Waals surface area contributed by atoms with E-state index in [0.717, 1.165) is 18.4 Å². The Bertz CT molecular complexity index is 771. The second kappa shape index (κ2) is 9.61. The lowest BCUT2D eigenvalue weighted by Gasteiger charge is -2.31. The van der Waals surface area contributed by atoms with Crippen LogP contribution in [-0.4, -0.2) is 37.8 Å². The SMILES string of the molecule is CC(C)CCC(C)NC(=O)C1CCN(S(=O)(=O)c2ccc(C(C)(C)C)cc2)CC1. The number of benzene rings is 1. The number of sulfonamides is 1. The first-order chi connectivity index (χ1) is 13.4. The lowest BCUT2D eigenvalue weighted by Crippen LogP contribution is -2.44. The van der Waals surface area contributed by atoms with Crippen LogP contribution in [0.25, 0.3) is 0 Å². The molecule has 0 radical (unpaired) electrons. The van der Waals surface area contributed by atoms with Crippen molar-refractivity contribution in [3.8, 4) is 0 Å². The van der Waals surface area contributed by atoms with E-state index in [0.29, 0.717) is 36.7 Å². The minimum absolute atomic E-state index is 0.0136. The summed E-state index contributed by atoms with van der Waals surface area (Å²) in [5.41, 5.74) is 1.10. The average molecular weight is 423 g/mol. The Hall–Kier alpha value is -1.40. The topological polar surface area (TPSA) is 66.5 Å². The third-order valence-electron chi connectivity index (χ3n) is 5.75. The summed E-state index contributed by atoms with van der Waals surface area (Å²) >= 11 is 0. The van der Waals surface area contributed by atoms with E-state index in [9.17, 15) is 13.2 Å². The van der Waals surface area contributed by atoms with Crippen molar-refractivity contribution in [2.75, 3.05) is 13.1 Å². The van der Waals surface area contributed by atoms with Crippen molar-refractivity contribution in [2.45, 2.75) is 83.6 Å². The first-order valence-corrected chi connectivity index (χ1v) is 12.3. The second-order valence-electron chi connectivity index (χ2n) is 9.83. The van der Waals surface area contributed by atoms with Gasteiger partial charge in [0.15, 0.2) is 0 Å². The van der Waals surface area contributed by atoms with Gasteiger partial charge in [-0.3, -0.25) is 4.79 Å². The Labute approximate surface area is 177 Å². The zero-order chi connectivity index (χ0) is 21.8. The van der Waals surface area contributed by atoms with E-state index in [1.54, 1.807) is 12.1 Å². The Morgan fingerprint density at radius 3 is 2.10 bits per heavy atom. The Balaban J connectivity index is 1.93. The third kappa shape index (κ3) is 6.54. The number of nitrogens with one attached hydrogen (secondary N) is 1. The zero-order valence-electron chi connectivity index (χ0n) is 18.9. The maximum Gasteiger partial charge on any atom is 0.243 e. The van der Waals surface area contributed by atoms with Crippen molar-refractivity contribution in [3.63, 3.8) is 0 Å². The molecule has 1 aromatic carbocycles. The third-order valence-corrected chi connectivity index (χ3v) is 7.66. The fourth-order valence-electron chi connectivity index (χ4n) is 3.65. The van der Waals surface area contributed by atoms with Gasteiger partial charge in [-0.2, -0.15) is 4.31 Å². The van der Waals surface area contributed by atoms with Gasteiger partial charge in [-0.25, -0.2) is 8.42 Å². The summed E-state index contributed by atoms with van der Waals surface area (Å²) in [6, 6.07) is 7.35. The minimum atomic E-state index is -3.51. The first-order valence-electron chi connectivity index (χ1n) is 10.8. The van der Waals surface area contributed by atoms with E-state index >= 15 is 0 Å². The number of nitrogens with zero attached hydrogens (tertiary/aromatic N) is 1. The van der Waals surface area contributed by atoms with Crippen LogP contribution in [0.5, 0.6) is 0 Å². The number of carbonyl (C=O) groups is 1. The number of rotatable bonds is 7. The molecule has 1 fully saturated rings. The van der Waals surface area contributed by atoms with Gasteiger partial charge in [0.05, 0.1) is 4.90 Å². The van der Waals surface area contributed by atoms with Crippen molar-refractivity contribution in [1.29, 1.82) is 0 Å². The van der Waals surface area contributed by atoms with Crippen molar-refractivity contribution < 1.29 is 13.2 Å². The molecule has 1 N–H and O–H groups in total. The summed E-state index contributed by atoms with van der Waals surface area (Å²) in [5.74, 6) is 0.583. The van der Waals surface area contributed by atoms with Crippen LogP contribution in [0.3, 0.4) is 0 Å². The average Bonchev–Trinajstić information content (AvgIpc) is 2.66. The number of hydrogen-bond donors (Lipinski definition) is 1.